The summed E-state index contributed by atoms with van der Waals surface area (Å²) in [5, 5.41) is 8.59. The van der Waals surface area contributed by atoms with Gasteiger partial charge in [-0.15, -0.1) is 5.06 Å². The van der Waals surface area contributed by atoms with E-state index in [4.69, 9.17) is 6.12 Å². The van der Waals surface area contributed by atoms with E-state index in [2.05, 4.69) is 73.5 Å². The zero-order valence-electron chi connectivity index (χ0n) is 32.1. The van der Waals surface area contributed by atoms with Gasteiger partial charge >= 0.3 is 7.25 Å². The number of nitrogens with two attached hydrogens (primary N) is 1. The fourth-order valence-electron chi connectivity index (χ4n) is 2.92. The minimum absolute atomic E-state index is 0.108. The quantitative estimate of drug-likeness (QED) is 0.0353. The average molecular weight is 925 g/mol. The molecule has 3 amide bonds. The summed E-state index contributed by atoms with van der Waals surface area (Å²) in [4.78, 5) is 58.0. The van der Waals surface area contributed by atoms with Crippen molar-refractivity contribution in [2.75, 3.05) is 55.4 Å². The number of carbonyl (C=O) groups is 4. The first-order valence-electron chi connectivity index (χ1n) is 17.1. The van der Waals surface area contributed by atoms with E-state index in [0.717, 1.165) is 46.9 Å². The number of hydrogen-bond acceptors (Lipinski definition) is 17. The van der Waals surface area contributed by atoms with Crippen LogP contribution in [-0.2, 0) is 35.8 Å². The zero-order chi connectivity index (χ0) is 41.2. The monoisotopic (exact) mass is 924 g/mol. The lowest BCUT2D eigenvalue weighted by atomic mass is 10.4. The van der Waals surface area contributed by atoms with Gasteiger partial charge < -0.3 is 21.2 Å². The van der Waals surface area contributed by atoms with Crippen LogP contribution in [0.3, 0.4) is 0 Å². The van der Waals surface area contributed by atoms with Crippen LogP contribution < -0.4 is 16.4 Å². The van der Waals surface area contributed by atoms with E-state index in [1.807, 2.05) is 67.2 Å². The van der Waals surface area contributed by atoms with Gasteiger partial charge in [-0.2, -0.15) is 12.6 Å². The Morgan fingerprint density at radius 1 is 0.925 bits per heavy atom. The number of nitrogens with zero attached hydrogens (tertiary/aromatic N) is 3. The predicted octanol–water partition coefficient (Wildman–Crippen LogP) is 7.98. The van der Waals surface area contributed by atoms with Gasteiger partial charge in [0.15, 0.2) is 18.8 Å². The van der Waals surface area contributed by atoms with Gasteiger partial charge in [0.05, 0.1) is 15.3 Å². The van der Waals surface area contributed by atoms with E-state index in [-0.39, 0.29) is 25.2 Å². The van der Waals surface area contributed by atoms with E-state index in [1.54, 1.807) is 38.6 Å². The second-order valence-electron chi connectivity index (χ2n) is 9.00. The molecule has 0 saturated carbocycles. The Morgan fingerprint density at radius 3 is 1.89 bits per heavy atom. The Morgan fingerprint density at radius 2 is 1.43 bits per heavy atom. The molecule has 4 N–H and O–H groups in total. The SMILES string of the molecule is CCNC(=O)CCSSCC.CCNCCCSSc1ccccn1.CCS.CN.O=C(CCSSc1ccccn1)ON1C(=O)CCC1=O.[2H][P+](P)=S. The Bertz CT molecular complexity index is 1210. The molecule has 2 atom stereocenters. The highest BCUT2D eigenvalue weighted by atomic mass is 33.1. The van der Waals surface area contributed by atoms with Crippen LogP contribution in [-0.4, -0.2) is 95.4 Å². The molecule has 1 aliphatic heterocycles. The molecule has 0 spiro atoms. The number of aromatic nitrogens is 2. The molecule has 2 unspecified atom stereocenters. The van der Waals surface area contributed by atoms with E-state index < -0.39 is 24.8 Å². The van der Waals surface area contributed by atoms with Crippen LogP contribution in [0.15, 0.2) is 58.8 Å². The maximum Gasteiger partial charge on any atom is 0.355 e. The number of thiol groups is 1. The van der Waals surface area contributed by atoms with Crippen molar-refractivity contribution in [3.63, 3.8) is 0 Å². The molecular formula is C32H57N6O5P2S8+. The first-order valence-corrected chi connectivity index (χ1v) is 27.9. The molecule has 0 aliphatic carbocycles. The summed E-state index contributed by atoms with van der Waals surface area (Å²) in [6.07, 6.45) is 5.74. The molecule has 302 valence electrons. The lowest BCUT2D eigenvalue weighted by Gasteiger charge is -2.12. The topological polar surface area (TPSA) is 157 Å². The Labute approximate surface area is 356 Å². The van der Waals surface area contributed by atoms with Gasteiger partial charge in [0.1, 0.15) is 10.1 Å². The normalized spacial score (nSPS) is 11.6. The number of hydroxylamine groups is 2. The van der Waals surface area contributed by atoms with Gasteiger partial charge in [0.25, 0.3) is 11.8 Å². The van der Waals surface area contributed by atoms with Crippen molar-refractivity contribution in [1.82, 2.24) is 25.7 Å². The molecule has 21 heteroatoms. The van der Waals surface area contributed by atoms with E-state index in [1.165, 1.54) is 40.8 Å². The molecule has 3 heterocycles. The molecule has 1 saturated heterocycles. The van der Waals surface area contributed by atoms with Crippen molar-refractivity contribution < 1.29 is 24.0 Å². The summed E-state index contributed by atoms with van der Waals surface area (Å²) < 4.78 is 6.43. The van der Waals surface area contributed by atoms with Crippen LogP contribution in [0.5, 0.6) is 0 Å². The largest absolute Gasteiger partial charge is 0.356 e. The van der Waals surface area contributed by atoms with Gasteiger partial charge in [-0.1, -0.05) is 76.1 Å². The molecular weight excluding hydrogens is 867 g/mol. The van der Waals surface area contributed by atoms with Crippen LogP contribution in [0.2, 0.25) is 0 Å². The van der Waals surface area contributed by atoms with Gasteiger partial charge in [-0.05, 0) is 85.1 Å². The van der Waals surface area contributed by atoms with Gasteiger partial charge in [-0.25, -0.2) is 14.8 Å². The fraction of sp³-hybridized carbons (Fsp3) is 0.562. The number of imide groups is 1. The highest BCUT2D eigenvalue weighted by molar-refractivity contribution is 8.77. The molecule has 0 aromatic carbocycles. The molecule has 2 aromatic heterocycles. The fourth-order valence-corrected chi connectivity index (χ4v) is 8.39. The van der Waals surface area contributed by atoms with Crippen molar-refractivity contribution in [2.24, 2.45) is 5.73 Å². The average Bonchev–Trinajstić information content (AvgIpc) is 3.48. The van der Waals surface area contributed by atoms with Crippen LogP contribution in [0.4, 0.5) is 0 Å². The van der Waals surface area contributed by atoms with Crippen molar-refractivity contribution in [3.05, 3.63) is 48.8 Å². The zero-order valence-corrected chi connectivity index (χ0v) is 39.8. The molecule has 11 nitrogen and oxygen atoms in total. The number of nitrogens with one attached hydrogen (secondary N) is 2. The number of amides is 3. The second-order valence-corrected chi connectivity index (χ2v) is 20.1. The third-order valence-corrected chi connectivity index (χ3v) is 12.1. The molecule has 0 bridgehead atoms. The molecule has 1 aliphatic rings. The minimum Gasteiger partial charge on any atom is -0.356 e. The summed E-state index contributed by atoms with van der Waals surface area (Å²) in [5.74, 6) is 3.33. The Hall–Kier alpha value is -0.300. The van der Waals surface area contributed by atoms with Crippen LogP contribution in [0, 0.1) is 0 Å². The minimum atomic E-state index is -0.870. The number of rotatable bonds is 19. The lowest BCUT2D eigenvalue weighted by molar-refractivity contribution is -0.197. The third kappa shape index (κ3) is 39.7. The van der Waals surface area contributed by atoms with Crippen molar-refractivity contribution in [2.45, 2.75) is 69.9 Å². The lowest BCUT2D eigenvalue weighted by Crippen LogP contribution is -2.32. The molecule has 1 fully saturated rings. The van der Waals surface area contributed by atoms with Crippen molar-refractivity contribution in [3.8, 4) is 0 Å². The highest BCUT2D eigenvalue weighted by Gasteiger charge is 2.32. The van der Waals surface area contributed by atoms with E-state index in [0.29, 0.717) is 17.2 Å². The number of carbonyl (C=O) groups excluding carboxylic acids is 4. The van der Waals surface area contributed by atoms with Crippen LogP contribution in [0.25, 0.3) is 0 Å². The Kier molecular flexibility index (Phi) is 47.6. The molecule has 3 rings (SSSR count). The summed E-state index contributed by atoms with van der Waals surface area (Å²) >= 11 is 8.10. The molecule has 2 aromatic rings. The van der Waals surface area contributed by atoms with Gasteiger partial charge in [0, 0.05) is 61.2 Å². The highest BCUT2D eigenvalue weighted by Crippen LogP contribution is 2.30. The first-order chi connectivity index (χ1) is 26.1. The molecule has 53 heavy (non-hydrogen) atoms. The van der Waals surface area contributed by atoms with Crippen molar-refractivity contribution in [1.29, 1.82) is 1.28 Å². The van der Waals surface area contributed by atoms with Gasteiger partial charge in [-0.3, -0.25) is 14.4 Å². The van der Waals surface area contributed by atoms with Gasteiger partial charge in [0.2, 0.25) is 5.91 Å². The maximum absolute atomic E-state index is 11.5. The van der Waals surface area contributed by atoms with E-state index in [9.17, 15) is 19.2 Å². The molecule has 0 radical (unpaired) electrons. The first kappa shape index (κ1) is 54.8. The standard InChI is InChI=1S/C12H12N2O4S2.C10H16N2S2.C7H15NOS2.C2H6S.CH5N.H2P2S/c15-10-4-5-11(16)14(10)18-12(17)6-8-19-20-9-3-1-2-7-13-9;1-2-11-7-5-9-13-14-10-6-3-4-8-12-10;1-3-8-7(9)5-6-11-10-4-2;1-2-3;1-2;1-2-3/h1-3,7H,4-6,8H2;3-4,6,8,11H,2,5,7,9H2,1H3;3-6H2,1-2H3,(H,8,9);3H,2H2,1H3;2H2,1H3;1H2/p+1/i/hD. The summed E-state index contributed by atoms with van der Waals surface area (Å²) in [6, 6.07) is 11.6. The number of hydrogen-bond donors (Lipinski definition) is 4. The smallest absolute Gasteiger partial charge is 0.355 e. The summed E-state index contributed by atoms with van der Waals surface area (Å²) in [5.41, 5.74) is 4.50. The summed E-state index contributed by atoms with van der Waals surface area (Å²) in [7, 11) is 13.8. The Balaban J connectivity index is -0.000000673. The number of pyridine rings is 2. The van der Waals surface area contributed by atoms with Crippen LogP contribution in [0.1, 0.15) is 59.8 Å². The van der Waals surface area contributed by atoms with Crippen molar-refractivity contribution >= 4 is 129 Å². The predicted molar refractivity (Wildman–Crippen MR) is 249 cm³/mol. The summed E-state index contributed by atoms with van der Waals surface area (Å²) in [6.45, 7) is 10.2. The van der Waals surface area contributed by atoms with Crippen LogP contribution >= 0.6 is 93.3 Å². The second kappa shape index (κ2) is 46.1. The van der Waals surface area contributed by atoms with E-state index >= 15 is 0 Å². The third-order valence-electron chi connectivity index (χ3n) is 4.97. The maximum atomic E-state index is 11.5.